The van der Waals surface area contributed by atoms with Gasteiger partial charge in [-0.3, -0.25) is 5.26 Å². The first kappa shape index (κ1) is 38.6. The quantitative estimate of drug-likeness (QED) is 0.0696. The molecule has 13 N–H and O–H groups in total. The Balaban J connectivity index is 1.52. The van der Waals surface area contributed by atoms with E-state index in [1.54, 1.807) is 0 Å². The zero-order chi connectivity index (χ0) is 36.6. The fourth-order valence-corrected chi connectivity index (χ4v) is 5.23. The highest BCUT2D eigenvalue weighted by Gasteiger charge is 2.57. The Hall–Kier alpha value is -3.22. The highest BCUT2D eigenvalue weighted by Crippen LogP contribution is 2.34. The fourth-order valence-electron chi connectivity index (χ4n) is 5.23. The SMILES string of the molecule is O=C(O)C1=C[C@H](OO)[C@H](O)[C@H](O[C@H]2[C@H](O)[C@H](O)[C@H](O[C@H]3[C@H](O)[C@H](O)[C@H](O[C@H]4[C@H](O)[C@H](O)[C@H](O)O[C@@H]4C(=O)O)O[C@@H]3C(=O)O)O[C@@H]2C(=O)O)O1. The maximum atomic E-state index is 12.1. The van der Waals surface area contributed by atoms with Crippen LogP contribution in [-0.4, -0.2) is 201 Å². The maximum Gasteiger partial charge on any atom is 0.371 e. The monoisotopic (exact) mass is 720 g/mol. The molecule has 3 fully saturated rings. The van der Waals surface area contributed by atoms with Gasteiger partial charge in [-0.2, -0.15) is 0 Å². The molecule has 0 saturated carbocycles. The number of carbonyl (C=O) groups is 4. The van der Waals surface area contributed by atoms with Crippen LogP contribution >= 0.6 is 0 Å². The smallest absolute Gasteiger partial charge is 0.371 e. The maximum absolute atomic E-state index is 12.1. The van der Waals surface area contributed by atoms with Gasteiger partial charge in [-0.1, -0.05) is 0 Å². The minimum absolute atomic E-state index is 0.623. The predicted octanol–water partition coefficient (Wildman–Crippen LogP) is -7.73. The summed E-state index contributed by atoms with van der Waals surface area (Å²) in [4.78, 5) is 51.1. The van der Waals surface area contributed by atoms with Crippen LogP contribution in [0.3, 0.4) is 0 Å². The average molecular weight is 720 g/mol. The third-order valence-electron chi connectivity index (χ3n) is 7.76. The lowest BCUT2D eigenvalue weighted by Crippen LogP contribution is -2.68. The number of hydrogen-bond donors (Lipinski definition) is 13. The van der Waals surface area contributed by atoms with Crippen LogP contribution in [-0.2, 0) is 57.2 Å². The molecule has 0 aromatic rings. The molecule has 0 bridgehead atoms. The van der Waals surface area contributed by atoms with Crippen LogP contribution in [0.1, 0.15) is 0 Å². The van der Waals surface area contributed by atoms with E-state index in [4.69, 9.17) is 33.7 Å². The predicted molar refractivity (Wildman–Crippen MR) is 136 cm³/mol. The average Bonchev–Trinajstić information content (AvgIpc) is 3.03. The fraction of sp³-hybridized carbons (Fsp3) is 0.750. The third kappa shape index (κ3) is 7.76. The normalized spacial score (nSPS) is 45.9. The molecule has 4 aliphatic heterocycles. The van der Waals surface area contributed by atoms with Crippen molar-refractivity contribution < 1.29 is 124 Å². The number of carboxylic acids is 4. The molecule has 0 spiro atoms. The number of aliphatic hydroxyl groups excluding tert-OH is 8. The molecule has 4 heterocycles. The summed E-state index contributed by atoms with van der Waals surface area (Å²) in [5, 5.41) is 130. The minimum Gasteiger partial charge on any atom is -0.479 e. The minimum atomic E-state index is -2.42. The molecule has 0 amide bonds. The molecule has 49 heavy (non-hydrogen) atoms. The van der Waals surface area contributed by atoms with Crippen molar-refractivity contribution in [2.24, 2.45) is 0 Å². The van der Waals surface area contributed by atoms with Crippen molar-refractivity contribution in [2.75, 3.05) is 0 Å². The van der Waals surface area contributed by atoms with E-state index in [2.05, 4.69) is 9.62 Å². The van der Waals surface area contributed by atoms with Crippen LogP contribution < -0.4 is 0 Å². The Morgan fingerprint density at radius 1 is 0.531 bits per heavy atom. The number of aliphatic carboxylic acids is 4. The first-order chi connectivity index (χ1) is 22.9. The number of aliphatic hydroxyl groups is 8. The second-order valence-corrected chi connectivity index (χ2v) is 10.9. The van der Waals surface area contributed by atoms with Crippen molar-refractivity contribution in [3.05, 3.63) is 11.8 Å². The Morgan fingerprint density at radius 2 is 0.918 bits per heavy atom. The van der Waals surface area contributed by atoms with Crippen molar-refractivity contribution in [1.82, 2.24) is 0 Å². The van der Waals surface area contributed by atoms with Crippen LogP contribution in [0.4, 0.5) is 0 Å². The van der Waals surface area contributed by atoms with E-state index in [9.17, 15) is 80.5 Å². The summed E-state index contributed by atoms with van der Waals surface area (Å²) < 4.78 is 35.5. The number of rotatable bonds is 11. The van der Waals surface area contributed by atoms with E-state index in [-0.39, 0.29) is 0 Å². The molecule has 0 radical (unpaired) electrons. The van der Waals surface area contributed by atoms with Gasteiger partial charge in [-0.05, 0) is 0 Å². The summed E-state index contributed by atoms with van der Waals surface area (Å²) >= 11 is 0. The molecule has 18 atom stereocenters. The Morgan fingerprint density at radius 3 is 1.31 bits per heavy atom. The highest BCUT2D eigenvalue weighted by atomic mass is 17.1. The summed E-state index contributed by atoms with van der Waals surface area (Å²) in [6.07, 6.45) is -39.9. The third-order valence-corrected chi connectivity index (χ3v) is 7.76. The van der Waals surface area contributed by atoms with Crippen LogP contribution in [0, 0.1) is 0 Å². The van der Waals surface area contributed by atoms with Gasteiger partial charge in [0.05, 0.1) is 0 Å². The van der Waals surface area contributed by atoms with E-state index >= 15 is 0 Å². The van der Waals surface area contributed by atoms with Crippen molar-refractivity contribution in [3.8, 4) is 0 Å². The van der Waals surface area contributed by atoms with Crippen molar-refractivity contribution in [3.63, 3.8) is 0 Å². The highest BCUT2D eigenvalue weighted by molar-refractivity contribution is 5.84. The molecular weight excluding hydrogens is 688 g/mol. The molecule has 0 unspecified atom stereocenters. The largest absolute Gasteiger partial charge is 0.479 e. The van der Waals surface area contributed by atoms with E-state index in [1.807, 2.05) is 0 Å². The van der Waals surface area contributed by atoms with E-state index in [0.29, 0.717) is 6.08 Å². The number of ether oxygens (including phenoxy) is 7. The molecule has 0 aromatic heterocycles. The number of carboxylic acid groups (broad SMARTS) is 4. The Kier molecular flexibility index (Phi) is 12.1. The van der Waals surface area contributed by atoms with Crippen molar-refractivity contribution in [2.45, 2.75) is 111 Å². The summed E-state index contributed by atoms with van der Waals surface area (Å²) in [5.74, 6) is -8.46. The molecule has 4 aliphatic rings. The van der Waals surface area contributed by atoms with E-state index in [1.165, 1.54) is 0 Å². The lowest BCUT2D eigenvalue weighted by Gasteiger charge is -2.47. The van der Waals surface area contributed by atoms with Crippen LogP contribution in [0.2, 0.25) is 0 Å². The lowest BCUT2D eigenvalue weighted by molar-refractivity contribution is -0.375. The summed E-state index contributed by atoms with van der Waals surface area (Å²) in [6, 6.07) is 0. The topological polar surface area (TPSA) is 405 Å². The zero-order valence-corrected chi connectivity index (χ0v) is 24.2. The first-order valence-electron chi connectivity index (χ1n) is 13.9. The summed E-state index contributed by atoms with van der Waals surface area (Å²) in [7, 11) is 0. The molecule has 25 nitrogen and oxygen atoms in total. The van der Waals surface area contributed by atoms with Gasteiger partial charge < -0.3 is 94.4 Å². The van der Waals surface area contributed by atoms with Gasteiger partial charge in [0.2, 0.25) is 12.0 Å². The van der Waals surface area contributed by atoms with Gasteiger partial charge in [0.15, 0.2) is 37.2 Å². The standard InChI is InChI=1S/C24H32O25/c25-4-2(49-41)1-3(17(32)33)42-22(4)44-12-6(27)9(30)24(47-15(12)19(36)37)46-13-7(28)10(31)23(48-16(13)20(38)39)45-11-5(26)8(29)21(40)43-14(11)18(34)35/h1-2,4-16,21-31,40-41H,(H,32,33)(H,34,35)(H,36,37)(H,38,39)/t2-,4-,5+,6+,7+,8-,9-,10-,11-,12-,13-,14-,15-,16-,21+,22-,23+,24+/m0/s1. The Bertz CT molecular complexity index is 1260. The molecule has 3 saturated heterocycles. The second kappa shape index (κ2) is 15.3. The first-order valence-corrected chi connectivity index (χ1v) is 13.9. The lowest BCUT2D eigenvalue weighted by atomic mass is 9.95. The molecule has 4 rings (SSSR count). The van der Waals surface area contributed by atoms with Crippen molar-refractivity contribution >= 4 is 23.9 Å². The van der Waals surface area contributed by atoms with E-state index < -0.39 is 140 Å². The molecular formula is C24H32O25. The summed E-state index contributed by atoms with van der Waals surface area (Å²) in [6.45, 7) is 0. The molecule has 25 heteroatoms. The molecule has 278 valence electrons. The van der Waals surface area contributed by atoms with Crippen LogP contribution in [0.5, 0.6) is 0 Å². The van der Waals surface area contributed by atoms with Gasteiger partial charge in [0.1, 0.15) is 67.1 Å². The summed E-state index contributed by atoms with van der Waals surface area (Å²) in [5.41, 5.74) is 0. The number of hydrogen-bond acceptors (Lipinski definition) is 21. The van der Waals surface area contributed by atoms with E-state index in [0.717, 1.165) is 0 Å². The van der Waals surface area contributed by atoms with Gasteiger partial charge in [-0.15, -0.1) is 0 Å². The van der Waals surface area contributed by atoms with Gasteiger partial charge in [0.25, 0.3) is 0 Å². The molecule has 0 aromatic carbocycles. The van der Waals surface area contributed by atoms with Crippen molar-refractivity contribution in [1.29, 1.82) is 0 Å². The van der Waals surface area contributed by atoms with Crippen LogP contribution in [0.15, 0.2) is 11.8 Å². The van der Waals surface area contributed by atoms with Gasteiger partial charge >= 0.3 is 23.9 Å². The zero-order valence-electron chi connectivity index (χ0n) is 24.2. The van der Waals surface area contributed by atoms with Crippen LogP contribution in [0.25, 0.3) is 0 Å². The molecule has 0 aliphatic carbocycles. The second-order valence-electron chi connectivity index (χ2n) is 10.9. The van der Waals surface area contributed by atoms with Gasteiger partial charge in [-0.25, -0.2) is 24.1 Å². The van der Waals surface area contributed by atoms with Gasteiger partial charge in [0, 0.05) is 6.08 Å². The Labute approximate surface area is 270 Å².